The van der Waals surface area contributed by atoms with E-state index in [2.05, 4.69) is 26.0 Å². The van der Waals surface area contributed by atoms with Crippen LogP contribution in [0.2, 0.25) is 0 Å². The van der Waals surface area contributed by atoms with E-state index in [0.717, 1.165) is 19.4 Å². The Morgan fingerprint density at radius 2 is 1.87 bits per heavy atom. The van der Waals surface area contributed by atoms with Crippen LogP contribution in [-0.2, 0) is 22.6 Å². The Kier molecular flexibility index (Phi) is 3.98. The van der Waals surface area contributed by atoms with Gasteiger partial charge in [0.15, 0.2) is 0 Å². The van der Waals surface area contributed by atoms with Crippen molar-refractivity contribution in [2.24, 2.45) is 17.1 Å². The van der Waals surface area contributed by atoms with Gasteiger partial charge in [0.2, 0.25) is 5.91 Å². The first-order valence-electron chi connectivity index (χ1n) is 8.23. The Labute approximate surface area is 143 Å². The third-order valence-electron chi connectivity index (χ3n) is 6.17. The molecule has 2 fully saturated rings. The summed E-state index contributed by atoms with van der Waals surface area (Å²) in [5.41, 5.74) is 8.12. The van der Waals surface area contributed by atoms with Crippen molar-refractivity contribution in [2.75, 3.05) is 6.61 Å². The van der Waals surface area contributed by atoms with Crippen molar-refractivity contribution in [1.29, 1.82) is 0 Å². The molecule has 23 heavy (non-hydrogen) atoms. The number of halogens is 1. The molecule has 3 unspecified atom stereocenters. The van der Waals surface area contributed by atoms with Crippen molar-refractivity contribution >= 4 is 18.3 Å². The van der Waals surface area contributed by atoms with E-state index in [1.165, 1.54) is 11.1 Å². The van der Waals surface area contributed by atoms with Gasteiger partial charge >= 0.3 is 0 Å². The number of nitrogens with two attached hydrogens (primary N) is 1. The van der Waals surface area contributed by atoms with Crippen LogP contribution in [-0.4, -0.2) is 29.1 Å². The Balaban J connectivity index is 0.00000156. The first-order chi connectivity index (χ1) is 10.5. The predicted octanol–water partition coefficient (Wildman–Crippen LogP) is 2.48. The van der Waals surface area contributed by atoms with Crippen LogP contribution in [0.4, 0.5) is 0 Å². The van der Waals surface area contributed by atoms with Gasteiger partial charge in [-0.3, -0.25) is 4.79 Å². The summed E-state index contributed by atoms with van der Waals surface area (Å²) in [6.45, 7) is 6.33. The maximum atomic E-state index is 13.2. The smallest absolute Gasteiger partial charge is 0.244 e. The van der Waals surface area contributed by atoms with Gasteiger partial charge in [-0.25, -0.2) is 0 Å². The third kappa shape index (κ3) is 2.08. The number of benzene rings is 1. The molecule has 1 saturated heterocycles. The average Bonchev–Trinajstić information content (AvgIpc) is 2.97. The number of rotatable bonds is 1. The molecule has 1 amide bonds. The third-order valence-corrected chi connectivity index (χ3v) is 6.17. The molecule has 2 N–H and O–H groups in total. The van der Waals surface area contributed by atoms with Gasteiger partial charge in [-0.2, -0.15) is 0 Å². The maximum absolute atomic E-state index is 13.2. The fraction of sp³-hybridized carbons (Fsp3) is 0.611. The highest BCUT2D eigenvalue weighted by Gasteiger charge is 2.70. The molecule has 2 aliphatic heterocycles. The van der Waals surface area contributed by atoms with Gasteiger partial charge in [0.05, 0.1) is 6.10 Å². The van der Waals surface area contributed by atoms with Gasteiger partial charge < -0.3 is 15.4 Å². The fourth-order valence-electron chi connectivity index (χ4n) is 4.75. The van der Waals surface area contributed by atoms with Crippen molar-refractivity contribution in [2.45, 2.75) is 51.4 Å². The minimum absolute atomic E-state index is 0. The SMILES string of the molecule is CC1(C)C2OCCCC2C1(N)C(=O)N1Cc2ccccc2C1.Cl. The first-order valence-corrected chi connectivity index (χ1v) is 8.23. The number of nitrogens with zero attached hydrogens (tertiary/aromatic N) is 1. The fourth-order valence-corrected chi connectivity index (χ4v) is 4.75. The number of hydrogen-bond donors (Lipinski definition) is 1. The molecule has 1 aliphatic carbocycles. The number of amides is 1. The largest absolute Gasteiger partial charge is 0.377 e. The molecular formula is C18H25ClN2O2. The molecule has 1 aromatic rings. The summed E-state index contributed by atoms with van der Waals surface area (Å²) in [5, 5.41) is 0. The molecule has 126 valence electrons. The van der Waals surface area contributed by atoms with Gasteiger partial charge in [0.1, 0.15) is 5.54 Å². The summed E-state index contributed by atoms with van der Waals surface area (Å²) in [7, 11) is 0. The summed E-state index contributed by atoms with van der Waals surface area (Å²) in [5.74, 6) is 0.257. The molecule has 1 saturated carbocycles. The van der Waals surface area contributed by atoms with Gasteiger partial charge in [-0.05, 0) is 24.0 Å². The standard InChI is InChI=1S/C18H24N2O2.ClH/c1-17(2)15-14(8-5-9-22-15)18(17,19)16(21)20-10-12-6-3-4-7-13(12)11-20;/h3-4,6-7,14-15H,5,8-11,19H2,1-2H3;1H. The molecule has 2 heterocycles. The Bertz CT molecular complexity index is 608. The Morgan fingerprint density at radius 1 is 1.26 bits per heavy atom. The van der Waals surface area contributed by atoms with E-state index in [0.29, 0.717) is 13.1 Å². The van der Waals surface area contributed by atoms with Crippen molar-refractivity contribution < 1.29 is 9.53 Å². The van der Waals surface area contributed by atoms with Crippen LogP contribution in [0.15, 0.2) is 24.3 Å². The second-order valence-electron chi connectivity index (χ2n) is 7.56. The lowest BCUT2D eigenvalue weighted by Gasteiger charge is -2.65. The van der Waals surface area contributed by atoms with Crippen LogP contribution >= 0.6 is 12.4 Å². The zero-order chi connectivity index (χ0) is 15.5. The summed E-state index contributed by atoms with van der Waals surface area (Å²) >= 11 is 0. The highest BCUT2D eigenvalue weighted by atomic mass is 35.5. The zero-order valence-electron chi connectivity index (χ0n) is 13.7. The molecule has 3 aliphatic rings. The van der Waals surface area contributed by atoms with E-state index in [1.54, 1.807) is 0 Å². The van der Waals surface area contributed by atoms with Crippen molar-refractivity contribution in [3.05, 3.63) is 35.4 Å². The van der Waals surface area contributed by atoms with Gasteiger partial charge in [0, 0.05) is 31.0 Å². The van der Waals surface area contributed by atoms with Crippen LogP contribution in [0.3, 0.4) is 0 Å². The van der Waals surface area contributed by atoms with E-state index in [9.17, 15) is 4.79 Å². The maximum Gasteiger partial charge on any atom is 0.244 e. The minimum atomic E-state index is -0.792. The number of carbonyl (C=O) groups excluding carboxylic acids is 1. The van der Waals surface area contributed by atoms with Crippen LogP contribution < -0.4 is 5.73 Å². The summed E-state index contributed by atoms with van der Waals surface area (Å²) in [6, 6.07) is 8.26. The van der Waals surface area contributed by atoms with Crippen LogP contribution in [0.1, 0.15) is 37.8 Å². The second-order valence-corrected chi connectivity index (χ2v) is 7.56. The molecule has 1 aromatic carbocycles. The van der Waals surface area contributed by atoms with E-state index in [1.807, 2.05) is 17.0 Å². The monoisotopic (exact) mass is 336 g/mol. The molecule has 0 bridgehead atoms. The Hall–Kier alpha value is -1.10. The first kappa shape index (κ1) is 16.7. The van der Waals surface area contributed by atoms with Gasteiger partial charge in [0.25, 0.3) is 0 Å². The number of carbonyl (C=O) groups is 1. The van der Waals surface area contributed by atoms with Gasteiger partial charge in [-0.1, -0.05) is 38.1 Å². The number of hydrogen-bond acceptors (Lipinski definition) is 3. The molecule has 0 aromatic heterocycles. The summed E-state index contributed by atoms with van der Waals surface area (Å²) in [6.07, 6.45) is 2.13. The van der Waals surface area contributed by atoms with E-state index in [-0.39, 0.29) is 35.8 Å². The minimum Gasteiger partial charge on any atom is -0.377 e. The quantitative estimate of drug-likeness (QED) is 0.857. The topological polar surface area (TPSA) is 55.6 Å². The van der Waals surface area contributed by atoms with E-state index >= 15 is 0 Å². The molecule has 0 radical (unpaired) electrons. The molecule has 3 atom stereocenters. The van der Waals surface area contributed by atoms with E-state index < -0.39 is 5.54 Å². The molecule has 0 spiro atoms. The molecule has 4 rings (SSSR count). The lowest BCUT2D eigenvalue weighted by Crippen LogP contribution is -2.82. The predicted molar refractivity (Wildman–Crippen MR) is 91.1 cm³/mol. The normalized spacial score (nSPS) is 34.0. The van der Waals surface area contributed by atoms with Crippen molar-refractivity contribution in [3.8, 4) is 0 Å². The van der Waals surface area contributed by atoms with Crippen LogP contribution in [0.5, 0.6) is 0 Å². The van der Waals surface area contributed by atoms with Gasteiger partial charge in [-0.15, -0.1) is 12.4 Å². The van der Waals surface area contributed by atoms with Crippen molar-refractivity contribution in [3.63, 3.8) is 0 Å². The van der Waals surface area contributed by atoms with Crippen LogP contribution in [0, 0.1) is 11.3 Å². The average molecular weight is 337 g/mol. The number of fused-ring (bicyclic) bond motifs is 2. The summed E-state index contributed by atoms with van der Waals surface area (Å²) in [4.78, 5) is 15.2. The molecule has 4 nitrogen and oxygen atoms in total. The second kappa shape index (κ2) is 5.47. The van der Waals surface area contributed by atoms with Crippen molar-refractivity contribution in [1.82, 2.24) is 4.90 Å². The molecule has 5 heteroatoms. The van der Waals surface area contributed by atoms with E-state index in [4.69, 9.17) is 10.5 Å². The Morgan fingerprint density at radius 3 is 2.48 bits per heavy atom. The number of ether oxygens (including phenoxy) is 1. The van der Waals surface area contributed by atoms with Crippen LogP contribution in [0.25, 0.3) is 0 Å². The zero-order valence-corrected chi connectivity index (χ0v) is 14.6. The highest BCUT2D eigenvalue weighted by molar-refractivity contribution is 5.90. The molecular weight excluding hydrogens is 312 g/mol. The highest BCUT2D eigenvalue weighted by Crippen LogP contribution is 2.58. The lowest BCUT2D eigenvalue weighted by atomic mass is 9.46. The summed E-state index contributed by atoms with van der Waals surface area (Å²) < 4.78 is 5.91. The lowest BCUT2D eigenvalue weighted by molar-refractivity contribution is -0.230.